The van der Waals surface area contributed by atoms with Crippen LogP contribution in [0.1, 0.15) is 6.42 Å². The molecular formula is C14H26ClN3O6S3. The molecule has 0 spiro atoms. The van der Waals surface area contributed by atoms with Crippen molar-refractivity contribution in [1.29, 1.82) is 0 Å². The summed E-state index contributed by atoms with van der Waals surface area (Å²) < 4.78 is 58.8. The van der Waals surface area contributed by atoms with Crippen LogP contribution in [0.3, 0.4) is 0 Å². The van der Waals surface area contributed by atoms with E-state index in [4.69, 9.17) is 14.6 Å². The summed E-state index contributed by atoms with van der Waals surface area (Å²) in [5.74, 6) is 0. The summed E-state index contributed by atoms with van der Waals surface area (Å²) in [5.41, 5.74) is 0.311. The molecule has 3 N–H and O–H groups in total. The fourth-order valence-electron chi connectivity index (χ4n) is 2.67. The minimum Gasteiger partial charge on any atom is -0.383 e. The van der Waals surface area contributed by atoms with Crippen LogP contribution in [-0.2, 0) is 29.3 Å². The van der Waals surface area contributed by atoms with E-state index in [1.165, 1.54) is 6.07 Å². The van der Waals surface area contributed by atoms with Gasteiger partial charge in [0, 0.05) is 33.9 Å². The third kappa shape index (κ3) is 6.26. The highest BCUT2D eigenvalue weighted by molar-refractivity contribution is 7.95. The number of nitrogens with one attached hydrogen (secondary N) is 1. The van der Waals surface area contributed by atoms with Gasteiger partial charge in [0.2, 0.25) is 10.0 Å². The third-order valence-electron chi connectivity index (χ3n) is 4.16. The van der Waals surface area contributed by atoms with Crippen LogP contribution in [0.4, 0.5) is 5.69 Å². The van der Waals surface area contributed by atoms with Crippen LogP contribution in [0.25, 0.3) is 0 Å². The SMILES string of the molecule is COCCN(CCOC)CCC1CNc2cc(S(N)(=O)=O)sc2S1(=O)=O.Cl. The average Bonchev–Trinajstić information content (AvgIpc) is 3.01. The Hall–Kier alpha value is -0.470. The van der Waals surface area contributed by atoms with Gasteiger partial charge >= 0.3 is 0 Å². The van der Waals surface area contributed by atoms with E-state index in [9.17, 15) is 16.8 Å². The van der Waals surface area contributed by atoms with Crippen LogP contribution in [0.15, 0.2) is 14.5 Å². The first-order chi connectivity index (χ1) is 12.2. The normalized spacial score (nSPS) is 18.6. The highest BCUT2D eigenvalue weighted by Gasteiger charge is 2.37. The fraction of sp³-hybridized carbons (Fsp3) is 0.714. The molecule has 1 aliphatic rings. The van der Waals surface area contributed by atoms with Crippen LogP contribution < -0.4 is 10.5 Å². The predicted molar refractivity (Wildman–Crippen MR) is 107 cm³/mol. The van der Waals surface area contributed by atoms with E-state index in [0.717, 1.165) is 0 Å². The first kappa shape index (κ1) is 24.6. The van der Waals surface area contributed by atoms with Crippen molar-refractivity contribution in [2.24, 2.45) is 5.14 Å². The number of primary sulfonamides is 1. The topological polar surface area (TPSA) is 128 Å². The number of halogens is 1. The van der Waals surface area contributed by atoms with Crippen molar-refractivity contribution in [1.82, 2.24) is 4.90 Å². The zero-order valence-corrected chi connectivity index (χ0v) is 18.5. The second-order valence-corrected chi connectivity index (χ2v) is 11.2. The molecule has 0 aromatic carbocycles. The molecule has 0 fully saturated rings. The van der Waals surface area contributed by atoms with Gasteiger partial charge in [0.1, 0.15) is 8.42 Å². The Bertz CT molecular complexity index is 804. The van der Waals surface area contributed by atoms with E-state index in [1.54, 1.807) is 14.2 Å². The standard InChI is InChI=1S/C14H25N3O6S3.ClH/c1-22-7-5-17(6-8-23-2)4-3-11-10-16-12-9-13(26(15,20)21)24-14(12)25(11,18)19;/h9,11,16H,3-8,10H2,1-2H3,(H2,15,20,21);1H. The second kappa shape index (κ2) is 10.3. The number of nitrogens with two attached hydrogens (primary N) is 1. The van der Waals surface area contributed by atoms with Gasteiger partial charge in [0.25, 0.3) is 0 Å². The molecule has 1 aliphatic heterocycles. The maximum absolute atomic E-state index is 12.9. The minimum atomic E-state index is -3.93. The molecule has 1 aromatic rings. The number of hydrogen-bond donors (Lipinski definition) is 2. The van der Waals surface area contributed by atoms with Gasteiger partial charge in [0.05, 0.1) is 24.2 Å². The molecule has 1 atom stereocenters. The molecule has 9 nitrogen and oxygen atoms in total. The summed E-state index contributed by atoms with van der Waals surface area (Å²) in [6, 6.07) is 1.28. The van der Waals surface area contributed by atoms with Gasteiger partial charge in [-0.15, -0.1) is 23.7 Å². The fourth-order valence-corrected chi connectivity index (χ4v) is 7.03. The Morgan fingerprint density at radius 3 is 2.37 bits per heavy atom. The van der Waals surface area contributed by atoms with E-state index in [1.807, 2.05) is 0 Å². The molecule has 158 valence electrons. The summed E-state index contributed by atoms with van der Waals surface area (Å²) in [7, 11) is -4.31. The summed E-state index contributed by atoms with van der Waals surface area (Å²) in [4.78, 5) is 2.09. The van der Waals surface area contributed by atoms with Gasteiger partial charge in [-0.25, -0.2) is 22.0 Å². The van der Waals surface area contributed by atoms with Gasteiger partial charge in [-0.1, -0.05) is 0 Å². The maximum Gasteiger partial charge on any atom is 0.247 e. The van der Waals surface area contributed by atoms with Crippen LogP contribution in [-0.4, -0.2) is 80.6 Å². The number of rotatable bonds is 10. The van der Waals surface area contributed by atoms with E-state index in [0.29, 0.717) is 56.3 Å². The number of hydrogen-bond acceptors (Lipinski definition) is 9. The van der Waals surface area contributed by atoms with Gasteiger partial charge in [-0.05, 0) is 19.0 Å². The first-order valence-corrected chi connectivity index (χ1v) is 12.0. The molecule has 0 bridgehead atoms. The Morgan fingerprint density at radius 2 is 1.85 bits per heavy atom. The number of thiophene rings is 1. The zero-order valence-electron chi connectivity index (χ0n) is 15.2. The lowest BCUT2D eigenvalue weighted by atomic mass is 10.2. The van der Waals surface area contributed by atoms with Crippen LogP contribution >= 0.6 is 23.7 Å². The Kier molecular flexibility index (Phi) is 9.42. The summed E-state index contributed by atoms with van der Waals surface area (Å²) >= 11 is 0.698. The molecule has 13 heteroatoms. The minimum absolute atomic E-state index is 0. The smallest absolute Gasteiger partial charge is 0.247 e. The largest absolute Gasteiger partial charge is 0.383 e. The highest BCUT2D eigenvalue weighted by Crippen LogP contribution is 2.39. The number of nitrogens with zero attached hydrogens (tertiary/aromatic N) is 1. The molecular weight excluding hydrogens is 438 g/mol. The molecule has 1 unspecified atom stereocenters. The molecule has 2 heterocycles. The van der Waals surface area contributed by atoms with E-state index < -0.39 is 25.1 Å². The lowest BCUT2D eigenvalue weighted by Crippen LogP contribution is -2.39. The van der Waals surface area contributed by atoms with Crippen molar-refractivity contribution in [3.8, 4) is 0 Å². The van der Waals surface area contributed by atoms with Crippen molar-refractivity contribution in [3.63, 3.8) is 0 Å². The lowest BCUT2D eigenvalue weighted by molar-refractivity contribution is 0.113. The van der Waals surface area contributed by atoms with Gasteiger partial charge in [-0.3, -0.25) is 4.90 Å². The molecule has 0 amide bonds. The summed E-state index contributed by atoms with van der Waals surface area (Å²) in [5, 5.41) is 7.50. The number of anilines is 1. The van der Waals surface area contributed by atoms with Gasteiger partial charge in [-0.2, -0.15) is 0 Å². The molecule has 27 heavy (non-hydrogen) atoms. The van der Waals surface area contributed by atoms with Crippen molar-refractivity contribution in [2.45, 2.75) is 20.1 Å². The predicted octanol–water partition coefficient (Wildman–Crippen LogP) is 0.370. The van der Waals surface area contributed by atoms with Crippen LogP contribution in [0.5, 0.6) is 0 Å². The van der Waals surface area contributed by atoms with E-state index in [2.05, 4.69) is 10.2 Å². The average molecular weight is 464 g/mol. The van der Waals surface area contributed by atoms with Crippen molar-refractivity contribution in [2.75, 3.05) is 58.9 Å². The number of sulfonamides is 1. The van der Waals surface area contributed by atoms with Crippen molar-refractivity contribution >= 4 is 49.3 Å². The molecule has 1 aromatic heterocycles. The van der Waals surface area contributed by atoms with Crippen LogP contribution in [0.2, 0.25) is 0 Å². The quantitative estimate of drug-likeness (QED) is 0.509. The first-order valence-electron chi connectivity index (χ1n) is 8.04. The Morgan fingerprint density at radius 1 is 1.26 bits per heavy atom. The molecule has 0 aliphatic carbocycles. The Balaban J connectivity index is 0.00000364. The van der Waals surface area contributed by atoms with Gasteiger partial charge in [0.15, 0.2) is 9.84 Å². The second-order valence-electron chi connectivity index (χ2n) is 5.98. The number of ether oxygens (including phenoxy) is 2. The van der Waals surface area contributed by atoms with E-state index in [-0.39, 0.29) is 27.4 Å². The van der Waals surface area contributed by atoms with Crippen LogP contribution in [0, 0.1) is 0 Å². The van der Waals surface area contributed by atoms with Gasteiger partial charge < -0.3 is 14.8 Å². The maximum atomic E-state index is 12.9. The number of fused-ring (bicyclic) bond motifs is 1. The van der Waals surface area contributed by atoms with Crippen molar-refractivity contribution in [3.05, 3.63) is 6.07 Å². The number of methoxy groups -OCH3 is 2. The Labute approximate surface area is 170 Å². The summed E-state index contributed by atoms with van der Waals surface area (Å²) in [6.07, 6.45) is 0.421. The molecule has 0 saturated carbocycles. The van der Waals surface area contributed by atoms with E-state index >= 15 is 0 Å². The monoisotopic (exact) mass is 463 g/mol. The summed E-state index contributed by atoms with van der Waals surface area (Å²) in [6.45, 7) is 3.26. The zero-order chi connectivity index (χ0) is 19.4. The molecule has 0 radical (unpaired) electrons. The highest BCUT2D eigenvalue weighted by atomic mass is 35.5. The number of sulfone groups is 1. The molecule has 2 rings (SSSR count). The lowest BCUT2D eigenvalue weighted by Gasteiger charge is -2.27. The molecule has 0 saturated heterocycles. The third-order valence-corrected chi connectivity index (χ3v) is 9.48. The van der Waals surface area contributed by atoms with Crippen molar-refractivity contribution < 1.29 is 26.3 Å².